The molecule has 0 atom stereocenters. The van der Waals surface area contributed by atoms with Crippen LogP contribution in [0.4, 0.5) is 0 Å². The lowest BCUT2D eigenvalue weighted by atomic mass is 10.0. The SMILES string of the molecule is CCO[C](c1ccccc1)c1ccccc1. The van der Waals surface area contributed by atoms with Gasteiger partial charge in [0, 0.05) is 6.61 Å². The first-order valence-corrected chi connectivity index (χ1v) is 5.52. The lowest BCUT2D eigenvalue weighted by molar-refractivity contribution is 0.191. The topological polar surface area (TPSA) is 9.23 Å². The molecule has 0 heterocycles. The highest BCUT2D eigenvalue weighted by Gasteiger charge is 2.14. The molecule has 0 fully saturated rings. The van der Waals surface area contributed by atoms with E-state index in [2.05, 4.69) is 24.3 Å². The third-order valence-electron chi connectivity index (χ3n) is 2.36. The Bertz CT molecular complexity index is 368. The molecular formula is C15H15O. The number of rotatable bonds is 4. The Hall–Kier alpha value is -1.60. The fourth-order valence-corrected chi connectivity index (χ4v) is 1.66. The molecule has 0 spiro atoms. The van der Waals surface area contributed by atoms with Crippen LogP contribution in [-0.4, -0.2) is 6.61 Å². The minimum absolute atomic E-state index is 0.680. The fourth-order valence-electron chi connectivity index (χ4n) is 1.66. The summed E-state index contributed by atoms with van der Waals surface area (Å²) < 4.78 is 5.73. The van der Waals surface area contributed by atoms with Crippen molar-refractivity contribution in [2.75, 3.05) is 6.61 Å². The van der Waals surface area contributed by atoms with E-state index >= 15 is 0 Å². The lowest BCUT2D eigenvalue weighted by Crippen LogP contribution is -2.06. The van der Waals surface area contributed by atoms with E-state index in [1.165, 1.54) is 0 Å². The van der Waals surface area contributed by atoms with Gasteiger partial charge in [0.1, 0.15) is 0 Å². The van der Waals surface area contributed by atoms with Crippen molar-refractivity contribution in [2.45, 2.75) is 6.92 Å². The second kappa shape index (κ2) is 5.47. The molecule has 81 valence electrons. The smallest absolute Gasteiger partial charge is 0.155 e. The van der Waals surface area contributed by atoms with Gasteiger partial charge in [0.05, 0.1) is 0 Å². The minimum atomic E-state index is 0.680. The van der Waals surface area contributed by atoms with Crippen molar-refractivity contribution >= 4 is 0 Å². The molecule has 2 aromatic rings. The molecule has 1 radical (unpaired) electrons. The molecule has 0 aliphatic heterocycles. The summed E-state index contributed by atoms with van der Waals surface area (Å²) in [5, 5.41) is 0. The Kier molecular flexibility index (Phi) is 3.73. The van der Waals surface area contributed by atoms with Crippen molar-refractivity contribution in [3.8, 4) is 0 Å². The number of hydrogen-bond acceptors (Lipinski definition) is 1. The van der Waals surface area contributed by atoms with Gasteiger partial charge in [0.25, 0.3) is 0 Å². The average molecular weight is 211 g/mol. The van der Waals surface area contributed by atoms with E-state index in [4.69, 9.17) is 4.74 Å². The van der Waals surface area contributed by atoms with E-state index in [0.29, 0.717) is 6.61 Å². The molecule has 16 heavy (non-hydrogen) atoms. The zero-order valence-corrected chi connectivity index (χ0v) is 9.39. The van der Waals surface area contributed by atoms with Crippen LogP contribution in [0.15, 0.2) is 60.7 Å². The van der Waals surface area contributed by atoms with Crippen LogP contribution in [0.1, 0.15) is 18.1 Å². The second-order valence-electron chi connectivity index (χ2n) is 3.49. The number of hydrogen-bond donors (Lipinski definition) is 0. The zero-order chi connectivity index (χ0) is 11.2. The molecule has 2 rings (SSSR count). The molecule has 1 nitrogen and oxygen atoms in total. The summed E-state index contributed by atoms with van der Waals surface area (Å²) >= 11 is 0. The Balaban J connectivity index is 2.31. The Labute approximate surface area is 96.7 Å². The van der Waals surface area contributed by atoms with Gasteiger partial charge < -0.3 is 4.74 Å². The molecule has 0 saturated heterocycles. The molecule has 2 aromatic carbocycles. The van der Waals surface area contributed by atoms with Gasteiger partial charge in [0.2, 0.25) is 0 Å². The van der Waals surface area contributed by atoms with Crippen molar-refractivity contribution in [3.05, 3.63) is 77.9 Å². The summed E-state index contributed by atoms with van der Waals surface area (Å²) in [5.41, 5.74) is 2.24. The molecule has 0 aromatic heterocycles. The molecule has 1 heteroatoms. The van der Waals surface area contributed by atoms with E-state index in [0.717, 1.165) is 17.2 Å². The summed E-state index contributed by atoms with van der Waals surface area (Å²) in [7, 11) is 0. The first-order valence-electron chi connectivity index (χ1n) is 5.52. The van der Waals surface area contributed by atoms with Crippen LogP contribution in [0, 0.1) is 6.10 Å². The maximum absolute atomic E-state index is 5.73. The van der Waals surface area contributed by atoms with Crippen LogP contribution < -0.4 is 0 Å². The van der Waals surface area contributed by atoms with Crippen LogP contribution >= 0.6 is 0 Å². The van der Waals surface area contributed by atoms with Crippen LogP contribution in [0.25, 0.3) is 0 Å². The standard InChI is InChI=1S/C15H15O/c1-2-16-15(13-9-5-3-6-10-13)14-11-7-4-8-12-14/h3-12H,2H2,1H3. The van der Waals surface area contributed by atoms with Crippen LogP contribution in [-0.2, 0) is 4.74 Å². The minimum Gasteiger partial charge on any atom is -0.362 e. The summed E-state index contributed by atoms with van der Waals surface area (Å²) in [5.74, 6) is 0. The van der Waals surface area contributed by atoms with Gasteiger partial charge in [0.15, 0.2) is 6.10 Å². The highest BCUT2D eigenvalue weighted by molar-refractivity contribution is 5.41. The van der Waals surface area contributed by atoms with Crippen molar-refractivity contribution in [2.24, 2.45) is 0 Å². The maximum atomic E-state index is 5.73. The van der Waals surface area contributed by atoms with Gasteiger partial charge in [-0.25, -0.2) is 0 Å². The summed E-state index contributed by atoms with van der Waals surface area (Å²) in [4.78, 5) is 0. The maximum Gasteiger partial charge on any atom is 0.155 e. The van der Waals surface area contributed by atoms with Crippen molar-refractivity contribution in [1.82, 2.24) is 0 Å². The van der Waals surface area contributed by atoms with Crippen LogP contribution in [0.5, 0.6) is 0 Å². The van der Waals surface area contributed by atoms with Gasteiger partial charge in [-0.3, -0.25) is 0 Å². The molecular weight excluding hydrogens is 196 g/mol. The third kappa shape index (κ3) is 2.50. The van der Waals surface area contributed by atoms with E-state index in [9.17, 15) is 0 Å². The molecule has 0 bridgehead atoms. The molecule has 0 aliphatic carbocycles. The molecule has 0 amide bonds. The first kappa shape index (κ1) is 10.9. The Morgan fingerprint density at radius 1 is 0.812 bits per heavy atom. The van der Waals surface area contributed by atoms with Crippen molar-refractivity contribution in [3.63, 3.8) is 0 Å². The van der Waals surface area contributed by atoms with E-state index in [1.54, 1.807) is 0 Å². The number of ether oxygens (including phenoxy) is 1. The lowest BCUT2D eigenvalue weighted by Gasteiger charge is -2.16. The Morgan fingerprint density at radius 3 is 1.62 bits per heavy atom. The average Bonchev–Trinajstić information content (AvgIpc) is 2.38. The van der Waals surface area contributed by atoms with Gasteiger partial charge >= 0.3 is 0 Å². The monoisotopic (exact) mass is 211 g/mol. The largest absolute Gasteiger partial charge is 0.362 e. The van der Waals surface area contributed by atoms with E-state index in [1.807, 2.05) is 43.3 Å². The van der Waals surface area contributed by atoms with Crippen LogP contribution in [0.3, 0.4) is 0 Å². The quantitative estimate of drug-likeness (QED) is 0.750. The summed E-state index contributed by atoms with van der Waals surface area (Å²) in [6, 6.07) is 20.4. The molecule has 0 saturated carbocycles. The van der Waals surface area contributed by atoms with Crippen LogP contribution in [0.2, 0.25) is 0 Å². The van der Waals surface area contributed by atoms with Gasteiger partial charge in [-0.15, -0.1) is 0 Å². The van der Waals surface area contributed by atoms with E-state index < -0.39 is 0 Å². The first-order chi connectivity index (χ1) is 7.92. The zero-order valence-electron chi connectivity index (χ0n) is 9.39. The molecule has 0 N–H and O–H groups in total. The van der Waals surface area contributed by atoms with Gasteiger partial charge in [-0.1, -0.05) is 60.7 Å². The summed E-state index contributed by atoms with van der Waals surface area (Å²) in [6.45, 7) is 2.69. The highest BCUT2D eigenvalue weighted by Crippen LogP contribution is 2.24. The van der Waals surface area contributed by atoms with E-state index in [-0.39, 0.29) is 0 Å². The predicted octanol–water partition coefficient (Wildman–Crippen LogP) is 3.65. The normalized spacial score (nSPS) is 10.6. The summed E-state index contributed by atoms with van der Waals surface area (Å²) in [6.07, 6.45) is 0.948. The van der Waals surface area contributed by atoms with Crippen molar-refractivity contribution in [1.29, 1.82) is 0 Å². The molecule has 0 aliphatic rings. The second-order valence-corrected chi connectivity index (χ2v) is 3.49. The fraction of sp³-hybridized carbons (Fsp3) is 0.133. The predicted molar refractivity (Wildman–Crippen MR) is 66.0 cm³/mol. The Morgan fingerprint density at radius 2 is 1.25 bits per heavy atom. The van der Waals surface area contributed by atoms with Crippen molar-refractivity contribution < 1.29 is 4.74 Å². The highest BCUT2D eigenvalue weighted by atomic mass is 16.5. The third-order valence-corrected chi connectivity index (χ3v) is 2.36. The van der Waals surface area contributed by atoms with Gasteiger partial charge in [-0.05, 0) is 18.1 Å². The number of benzene rings is 2. The molecule has 0 unspecified atom stereocenters. The van der Waals surface area contributed by atoms with Gasteiger partial charge in [-0.2, -0.15) is 0 Å².